The highest BCUT2D eigenvalue weighted by Gasteiger charge is 2.22. The molecule has 0 radical (unpaired) electrons. The van der Waals surface area contributed by atoms with Crippen molar-refractivity contribution in [2.45, 2.75) is 38.8 Å². The van der Waals surface area contributed by atoms with Crippen LogP contribution in [0.2, 0.25) is 0 Å². The fourth-order valence-electron chi connectivity index (χ4n) is 2.31. The molecule has 1 aromatic rings. The molecule has 1 aromatic heterocycles. The molecule has 100 valence electrons. The zero-order chi connectivity index (χ0) is 13.0. The number of nitrogens with zero attached hydrogens (tertiary/aromatic N) is 2. The van der Waals surface area contributed by atoms with Crippen molar-refractivity contribution in [2.24, 2.45) is 0 Å². The predicted molar refractivity (Wildman–Crippen MR) is 71.7 cm³/mol. The Balaban J connectivity index is 2.12. The Morgan fingerprint density at radius 3 is 2.94 bits per heavy atom. The van der Waals surface area contributed by atoms with E-state index in [2.05, 4.69) is 22.9 Å². The van der Waals surface area contributed by atoms with Crippen LogP contribution in [0.4, 0.5) is 5.69 Å². The van der Waals surface area contributed by atoms with Gasteiger partial charge in [-0.3, -0.25) is 4.98 Å². The maximum atomic E-state index is 9.73. The zero-order valence-electron chi connectivity index (χ0n) is 11.2. The number of rotatable bonds is 4. The number of morpholine rings is 1. The second-order valence-electron chi connectivity index (χ2n) is 4.70. The minimum Gasteiger partial charge on any atom is -0.387 e. The number of ether oxygens (including phenoxy) is 1. The first-order valence-corrected chi connectivity index (χ1v) is 6.74. The summed E-state index contributed by atoms with van der Waals surface area (Å²) in [6.45, 7) is 6.60. The third kappa shape index (κ3) is 2.82. The van der Waals surface area contributed by atoms with Crippen LogP contribution in [-0.4, -0.2) is 35.9 Å². The highest BCUT2D eigenvalue weighted by Crippen LogP contribution is 2.22. The van der Waals surface area contributed by atoms with E-state index in [0.717, 1.165) is 37.6 Å². The molecule has 0 aromatic carbocycles. The second kappa shape index (κ2) is 6.16. The van der Waals surface area contributed by atoms with Gasteiger partial charge in [-0.1, -0.05) is 13.8 Å². The van der Waals surface area contributed by atoms with Gasteiger partial charge in [-0.2, -0.15) is 0 Å². The van der Waals surface area contributed by atoms with E-state index in [0.29, 0.717) is 12.5 Å². The summed E-state index contributed by atoms with van der Waals surface area (Å²) < 4.78 is 5.50. The van der Waals surface area contributed by atoms with E-state index < -0.39 is 6.10 Å². The molecule has 1 saturated heterocycles. The number of aromatic nitrogens is 1. The van der Waals surface area contributed by atoms with Crippen LogP contribution in [0.25, 0.3) is 0 Å². The standard InChI is InChI=1S/C14H22N2O2/c1-3-11-10-18-8-7-16(11)12-5-6-13(15-9-12)14(17)4-2/h5-6,9,11,14,17H,3-4,7-8,10H2,1-2H3/t11?,14-/m1/s1. The first-order valence-electron chi connectivity index (χ1n) is 6.74. The van der Waals surface area contributed by atoms with Gasteiger partial charge in [-0.05, 0) is 25.0 Å². The molecule has 4 nitrogen and oxygen atoms in total. The van der Waals surface area contributed by atoms with Crippen LogP contribution < -0.4 is 4.90 Å². The average molecular weight is 250 g/mol. The fourth-order valence-corrected chi connectivity index (χ4v) is 2.31. The predicted octanol–water partition coefficient (Wildman–Crippen LogP) is 2.14. The molecule has 2 heterocycles. The second-order valence-corrected chi connectivity index (χ2v) is 4.70. The lowest BCUT2D eigenvalue weighted by atomic mass is 10.1. The SMILES string of the molecule is CCC1COCCN1c1ccc([C@H](O)CC)nc1. The third-order valence-corrected chi connectivity index (χ3v) is 3.53. The van der Waals surface area contributed by atoms with E-state index in [4.69, 9.17) is 4.74 Å². The molecule has 0 amide bonds. The molecular formula is C14H22N2O2. The molecule has 1 aliphatic heterocycles. The van der Waals surface area contributed by atoms with Crippen molar-refractivity contribution < 1.29 is 9.84 Å². The number of aliphatic hydroxyl groups excluding tert-OH is 1. The first kappa shape index (κ1) is 13.3. The lowest BCUT2D eigenvalue weighted by Gasteiger charge is -2.36. The van der Waals surface area contributed by atoms with Crippen molar-refractivity contribution in [1.82, 2.24) is 4.98 Å². The van der Waals surface area contributed by atoms with Crippen LogP contribution in [0.15, 0.2) is 18.3 Å². The van der Waals surface area contributed by atoms with Gasteiger partial charge in [0, 0.05) is 6.54 Å². The number of aliphatic hydroxyl groups is 1. The van der Waals surface area contributed by atoms with Crippen molar-refractivity contribution in [2.75, 3.05) is 24.7 Å². The van der Waals surface area contributed by atoms with Crippen molar-refractivity contribution in [1.29, 1.82) is 0 Å². The number of hydrogen-bond acceptors (Lipinski definition) is 4. The van der Waals surface area contributed by atoms with Crippen LogP contribution in [0.1, 0.15) is 38.5 Å². The lowest BCUT2D eigenvalue weighted by Crippen LogP contribution is -2.45. The molecule has 0 saturated carbocycles. The zero-order valence-corrected chi connectivity index (χ0v) is 11.2. The van der Waals surface area contributed by atoms with E-state index in [1.165, 1.54) is 0 Å². The molecule has 18 heavy (non-hydrogen) atoms. The maximum absolute atomic E-state index is 9.73. The van der Waals surface area contributed by atoms with E-state index in [1.54, 1.807) is 0 Å². The van der Waals surface area contributed by atoms with Crippen molar-refractivity contribution >= 4 is 5.69 Å². The number of hydrogen-bond donors (Lipinski definition) is 1. The first-order chi connectivity index (χ1) is 8.76. The maximum Gasteiger partial charge on any atom is 0.0957 e. The summed E-state index contributed by atoms with van der Waals surface area (Å²) in [4.78, 5) is 6.71. The molecule has 1 unspecified atom stereocenters. The fraction of sp³-hybridized carbons (Fsp3) is 0.643. The smallest absolute Gasteiger partial charge is 0.0957 e. The Labute approximate surface area is 109 Å². The average Bonchev–Trinajstić information content (AvgIpc) is 2.46. The van der Waals surface area contributed by atoms with Gasteiger partial charge < -0.3 is 14.7 Å². The molecule has 1 fully saturated rings. The summed E-state index contributed by atoms with van der Waals surface area (Å²) in [6.07, 6.45) is 3.17. The quantitative estimate of drug-likeness (QED) is 0.889. The van der Waals surface area contributed by atoms with Gasteiger partial charge in [-0.25, -0.2) is 0 Å². The van der Waals surface area contributed by atoms with Crippen molar-refractivity contribution in [3.05, 3.63) is 24.0 Å². The topological polar surface area (TPSA) is 45.6 Å². The van der Waals surface area contributed by atoms with Gasteiger partial charge in [0.25, 0.3) is 0 Å². The molecule has 2 atom stereocenters. The van der Waals surface area contributed by atoms with Gasteiger partial charge in [0.2, 0.25) is 0 Å². The Kier molecular flexibility index (Phi) is 4.55. The Morgan fingerprint density at radius 2 is 2.33 bits per heavy atom. The molecule has 1 N–H and O–H groups in total. The van der Waals surface area contributed by atoms with Gasteiger partial charge in [0.1, 0.15) is 0 Å². The largest absolute Gasteiger partial charge is 0.387 e. The van der Waals surface area contributed by atoms with E-state index in [-0.39, 0.29) is 0 Å². The van der Waals surface area contributed by atoms with Gasteiger partial charge in [0.05, 0.1) is 42.9 Å². The van der Waals surface area contributed by atoms with Crippen LogP contribution in [0.5, 0.6) is 0 Å². The summed E-state index contributed by atoms with van der Waals surface area (Å²) in [7, 11) is 0. The van der Waals surface area contributed by atoms with Gasteiger partial charge >= 0.3 is 0 Å². The number of anilines is 1. The Hall–Kier alpha value is -1.13. The summed E-state index contributed by atoms with van der Waals surface area (Å²) in [5.41, 5.74) is 1.87. The van der Waals surface area contributed by atoms with Crippen LogP contribution >= 0.6 is 0 Å². The molecule has 1 aliphatic rings. The summed E-state index contributed by atoms with van der Waals surface area (Å²) in [5, 5.41) is 9.73. The van der Waals surface area contributed by atoms with Gasteiger partial charge in [0.15, 0.2) is 0 Å². The van der Waals surface area contributed by atoms with Crippen LogP contribution in [0.3, 0.4) is 0 Å². The lowest BCUT2D eigenvalue weighted by molar-refractivity contribution is 0.0929. The normalized spacial score (nSPS) is 21.9. The van der Waals surface area contributed by atoms with Gasteiger partial charge in [-0.15, -0.1) is 0 Å². The van der Waals surface area contributed by atoms with E-state index >= 15 is 0 Å². The number of pyridine rings is 1. The minimum absolute atomic E-state index is 0.433. The third-order valence-electron chi connectivity index (χ3n) is 3.53. The van der Waals surface area contributed by atoms with E-state index in [1.807, 2.05) is 19.2 Å². The molecular weight excluding hydrogens is 228 g/mol. The molecule has 0 spiro atoms. The highest BCUT2D eigenvalue weighted by molar-refractivity contribution is 5.46. The van der Waals surface area contributed by atoms with Crippen molar-refractivity contribution in [3.8, 4) is 0 Å². The minimum atomic E-state index is -0.453. The van der Waals surface area contributed by atoms with Crippen LogP contribution in [0, 0.1) is 0 Å². The summed E-state index contributed by atoms with van der Waals surface area (Å²) in [6, 6.07) is 4.41. The summed E-state index contributed by atoms with van der Waals surface area (Å²) >= 11 is 0. The monoisotopic (exact) mass is 250 g/mol. The summed E-state index contributed by atoms with van der Waals surface area (Å²) in [5.74, 6) is 0. The highest BCUT2D eigenvalue weighted by atomic mass is 16.5. The van der Waals surface area contributed by atoms with E-state index in [9.17, 15) is 5.11 Å². The molecule has 2 rings (SSSR count). The van der Waals surface area contributed by atoms with Crippen LogP contribution in [-0.2, 0) is 4.74 Å². The Morgan fingerprint density at radius 1 is 1.50 bits per heavy atom. The molecule has 0 bridgehead atoms. The molecule has 4 heteroatoms. The van der Waals surface area contributed by atoms with Crippen molar-refractivity contribution in [3.63, 3.8) is 0 Å². The molecule has 0 aliphatic carbocycles. The Bertz CT molecular complexity index is 367.